The van der Waals surface area contributed by atoms with Gasteiger partial charge in [-0.05, 0) is 24.1 Å². The van der Waals surface area contributed by atoms with E-state index in [1.54, 1.807) is 19.2 Å². The monoisotopic (exact) mass is 251 g/mol. The molecule has 1 N–H and O–H groups in total. The van der Waals surface area contributed by atoms with E-state index in [0.29, 0.717) is 6.54 Å². The zero-order chi connectivity index (χ0) is 13.4. The van der Waals surface area contributed by atoms with Crippen LogP contribution in [0.15, 0.2) is 29.3 Å². The zero-order valence-electron chi connectivity index (χ0n) is 11.4. The number of nitrogens with one attached hydrogen (secondary N) is 1. The molecule has 0 spiro atoms. The molecule has 100 valence electrons. The predicted octanol–water partition coefficient (Wildman–Crippen LogP) is 2.63. The molecule has 0 radical (unpaired) electrons. The van der Waals surface area contributed by atoms with Crippen LogP contribution in [-0.4, -0.2) is 31.5 Å². The van der Waals surface area contributed by atoms with Crippen LogP contribution in [-0.2, 0) is 6.54 Å². The van der Waals surface area contributed by atoms with Gasteiger partial charge in [0.25, 0.3) is 0 Å². The molecule has 0 amide bonds. The van der Waals surface area contributed by atoms with Gasteiger partial charge in [0.2, 0.25) is 0 Å². The van der Waals surface area contributed by atoms with E-state index < -0.39 is 0 Å². The minimum absolute atomic E-state index is 0.199. The lowest BCUT2D eigenvalue weighted by Gasteiger charge is -2.22. The third-order valence-corrected chi connectivity index (χ3v) is 2.70. The summed E-state index contributed by atoms with van der Waals surface area (Å²) in [6.45, 7) is 3.71. The molecule has 0 aliphatic carbocycles. The average molecular weight is 251 g/mol. The third-order valence-electron chi connectivity index (χ3n) is 2.70. The summed E-state index contributed by atoms with van der Waals surface area (Å²) < 4.78 is 13.1. The van der Waals surface area contributed by atoms with Crippen LogP contribution in [0.3, 0.4) is 0 Å². The van der Waals surface area contributed by atoms with Crippen molar-refractivity contribution in [1.29, 1.82) is 0 Å². The van der Waals surface area contributed by atoms with Gasteiger partial charge in [0.1, 0.15) is 5.82 Å². The third kappa shape index (κ3) is 4.73. The predicted molar refractivity (Wildman–Crippen MR) is 74.1 cm³/mol. The topological polar surface area (TPSA) is 27.6 Å². The molecular weight excluding hydrogens is 229 g/mol. The molecule has 18 heavy (non-hydrogen) atoms. The molecule has 1 aromatic carbocycles. The quantitative estimate of drug-likeness (QED) is 0.495. The molecular formula is C14H22FN3. The summed E-state index contributed by atoms with van der Waals surface area (Å²) in [5.41, 5.74) is 0.941. The molecule has 0 aliphatic heterocycles. The molecule has 4 heteroatoms. The van der Waals surface area contributed by atoms with Crippen molar-refractivity contribution in [3.05, 3.63) is 35.6 Å². The SMILES string of the molecule is CCCCNC(=NC)N(C)Cc1cccc(F)c1. The van der Waals surface area contributed by atoms with Crippen molar-refractivity contribution in [2.24, 2.45) is 4.99 Å². The Morgan fingerprint density at radius 1 is 1.44 bits per heavy atom. The minimum atomic E-state index is -0.199. The number of aliphatic imine (C=N–C) groups is 1. The van der Waals surface area contributed by atoms with Crippen molar-refractivity contribution in [2.75, 3.05) is 20.6 Å². The molecule has 0 bridgehead atoms. The Balaban J connectivity index is 2.54. The van der Waals surface area contributed by atoms with Gasteiger partial charge in [-0.3, -0.25) is 4.99 Å². The van der Waals surface area contributed by atoms with Gasteiger partial charge < -0.3 is 10.2 Å². The molecule has 1 rings (SSSR count). The highest BCUT2D eigenvalue weighted by Gasteiger charge is 2.06. The lowest BCUT2D eigenvalue weighted by atomic mass is 10.2. The second-order valence-electron chi connectivity index (χ2n) is 4.31. The molecule has 0 fully saturated rings. The van der Waals surface area contributed by atoms with E-state index in [-0.39, 0.29) is 5.82 Å². The molecule has 1 aromatic rings. The van der Waals surface area contributed by atoms with Crippen molar-refractivity contribution in [1.82, 2.24) is 10.2 Å². The number of guanidine groups is 1. The van der Waals surface area contributed by atoms with Gasteiger partial charge >= 0.3 is 0 Å². The average Bonchev–Trinajstić information content (AvgIpc) is 2.34. The van der Waals surface area contributed by atoms with E-state index in [1.165, 1.54) is 6.07 Å². The summed E-state index contributed by atoms with van der Waals surface area (Å²) in [6.07, 6.45) is 2.27. The molecule has 0 aliphatic rings. The van der Waals surface area contributed by atoms with E-state index >= 15 is 0 Å². The number of unbranched alkanes of at least 4 members (excludes halogenated alkanes) is 1. The second kappa shape index (κ2) is 7.69. The van der Waals surface area contributed by atoms with Gasteiger partial charge in [-0.25, -0.2) is 4.39 Å². The maximum atomic E-state index is 13.1. The standard InChI is InChI=1S/C14H22FN3/c1-4-5-9-17-14(16-2)18(3)11-12-7-6-8-13(15)10-12/h6-8,10H,4-5,9,11H2,1-3H3,(H,16,17). The first-order valence-corrected chi connectivity index (χ1v) is 6.33. The summed E-state index contributed by atoms with van der Waals surface area (Å²) in [6, 6.07) is 6.65. The Hall–Kier alpha value is -1.58. The summed E-state index contributed by atoms with van der Waals surface area (Å²) in [5.74, 6) is 0.641. The van der Waals surface area contributed by atoms with E-state index in [4.69, 9.17) is 0 Å². The van der Waals surface area contributed by atoms with Gasteiger partial charge in [-0.2, -0.15) is 0 Å². The number of halogens is 1. The van der Waals surface area contributed by atoms with E-state index in [9.17, 15) is 4.39 Å². The van der Waals surface area contributed by atoms with Crippen molar-refractivity contribution in [3.63, 3.8) is 0 Å². The van der Waals surface area contributed by atoms with Crippen LogP contribution in [0.4, 0.5) is 4.39 Å². The first-order valence-electron chi connectivity index (χ1n) is 6.33. The number of nitrogens with zero attached hydrogens (tertiary/aromatic N) is 2. The molecule has 0 unspecified atom stereocenters. The molecule has 0 saturated carbocycles. The van der Waals surface area contributed by atoms with Crippen molar-refractivity contribution < 1.29 is 4.39 Å². The number of rotatable bonds is 5. The molecule has 3 nitrogen and oxygen atoms in total. The van der Waals surface area contributed by atoms with Crippen LogP contribution in [0.1, 0.15) is 25.3 Å². The van der Waals surface area contributed by atoms with Crippen LogP contribution < -0.4 is 5.32 Å². The molecule has 0 atom stereocenters. The molecule has 0 saturated heterocycles. The van der Waals surface area contributed by atoms with Gasteiger partial charge in [-0.1, -0.05) is 25.5 Å². The number of hydrogen-bond donors (Lipinski definition) is 1. The van der Waals surface area contributed by atoms with Gasteiger partial charge in [0.15, 0.2) is 5.96 Å². The van der Waals surface area contributed by atoms with Gasteiger partial charge in [-0.15, -0.1) is 0 Å². The fraction of sp³-hybridized carbons (Fsp3) is 0.500. The number of hydrogen-bond acceptors (Lipinski definition) is 1. The lowest BCUT2D eigenvalue weighted by Crippen LogP contribution is -2.38. The van der Waals surface area contributed by atoms with Crippen LogP contribution in [0, 0.1) is 5.82 Å². The summed E-state index contributed by atoms with van der Waals surface area (Å²) >= 11 is 0. The molecule has 0 aromatic heterocycles. The van der Waals surface area contributed by atoms with Crippen LogP contribution >= 0.6 is 0 Å². The maximum Gasteiger partial charge on any atom is 0.193 e. The second-order valence-corrected chi connectivity index (χ2v) is 4.31. The Bertz CT molecular complexity index is 390. The smallest absolute Gasteiger partial charge is 0.193 e. The fourth-order valence-electron chi connectivity index (χ4n) is 1.75. The minimum Gasteiger partial charge on any atom is -0.356 e. The highest BCUT2D eigenvalue weighted by molar-refractivity contribution is 5.79. The van der Waals surface area contributed by atoms with Crippen molar-refractivity contribution in [3.8, 4) is 0 Å². The van der Waals surface area contributed by atoms with E-state index in [2.05, 4.69) is 17.2 Å². The summed E-state index contributed by atoms with van der Waals surface area (Å²) in [5, 5.41) is 3.29. The van der Waals surface area contributed by atoms with E-state index in [1.807, 2.05) is 18.0 Å². The van der Waals surface area contributed by atoms with Crippen LogP contribution in [0.25, 0.3) is 0 Å². The largest absolute Gasteiger partial charge is 0.356 e. The Kier molecular flexibility index (Phi) is 6.19. The first kappa shape index (κ1) is 14.5. The Labute approximate surface area is 109 Å². The normalized spacial score (nSPS) is 11.4. The zero-order valence-corrected chi connectivity index (χ0v) is 11.4. The van der Waals surface area contributed by atoms with Gasteiger partial charge in [0, 0.05) is 27.2 Å². The highest BCUT2D eigenvalue weighted by Crippen LogP contribution is 2.06. The van der Waals surface area contributed by atoms with Crippen LogP contribution in [0.2, 0.25) is 0 Å². The summed E-state index contributed by atoms with van der Waals surface area (Å²) in [7, 11) is 3.71. The van der Waals surface area contributed by atoms with Crippen LogP contribution in [0.5, 0.6) is 0 Å². The Morgan fingerprint density at radius 3 is 2.83 bits per heavy atom. The van der Waals surface area contributed by atoms with Crippen molar-refractivity contribution >= 4 is 5.96 Å². The van der Waals surface area contributed by atoms with Gasteiger partial charge in [0.05, 0.1) is 0 Å². The maximum absolute atomic E-state index is 13.1. The van der Waals surface area contributed by atoms with Crippen molar-refractivity contribution in [2.45, 2.75) is 26.3 Å². The fourth-order valence-corrected chi connectivity index (χ4v) is 1.75. The lowest BCUT2D eigenvalue weighted by molar-refractivity contribution is 0.473. The summed E-state index contributed by atoms with van der Waals surface area (Å²) in [4.78, 5) is 6.21. The first-order chi connectivity index (χ1) is 8.67. The highest BCUT2D eigenvalue weighted by atomic mass is 19.1. The number of benzene rings is 1. The Morgan fingerprint density at radius 2 is 2.22 bits per heavy atom. The molecule has 0 heterocycles. The van der Waals surface area contributed by atoms with E-state index in [0.717, 1.165) is 30.9 Å².